The molecule has 2 atom stereocenters. The van der Waals surface area contributed by atoms with Crippen molar-refractivity contribution in [2.24, 2.45) is 7.05 Å². The summed E-state index contributed by atoms with van der Waals surface area (Å²) in [4.78, 5) is 34.4. The van der Waals surface area contributed by atoms with Crippen LogP contribution in [0.2, 0.25) is 5.15 Å². The van der Waals surface area contributed by atoms with E-state index in [9.17, 15) is 14.7 Å². The van der Waals surface area contributed by atoms with E-state index in [0.717, 1.165) is 16.8 Å². The average molecular weight is 485 g/mol. The van der Waals surface area contributed by atoms with Crippen molar-refractivity contribution in [3.63, 3.8) is 0 Å². The predicted molar refractivity (Wildman–Crippen MR) is 126 cm³/mol. The first kappa shape index (κ1) is 23.5. The number of nitrogens with zero attached hydrogens (tertiary/aromatic N) is 5. The minimum Gasteiger partial charge on any atom is -0.476 e. The Morgan fingerprint density at radius 3 is 2.76 bits per heavy atom. The lowest BCUT2D eigenvalue weighted by Crippen LogP contribution is -2.36. The van der Waals surface area contributed by atoms with Gasteiger partial charge >= 0.3 is 12.1 Å². The van der Waals surface area contributed by atoms with E-state index >= 15 is 0 Å². The maximum absolute atomic E-state index is 12.6. The number of aryl methyl sites for hydroxylation is 3. The van der Waals surface area contributed by atoms with Gasteiger partial charge < -0.3 is 15.2 Å². The van der Waals surface area contributed by atoms with Gasteiger partial charge in [-0.3, -0.25) is 9.58 Å². The van der Waals surface area contributed by atoms with E-state index in [4.69, 9.17) is 21.3 Å². The molecular formula is C23H25ClN6O4. The molecule has 2 N–H and O–H groups in total. The Balaban J connectivity index is 1.61. The molecule has 11 heteroatoms. The summed E-state index contributed by atoms with van der Waals surface area (Å²) in [7, 11) is 1.86. The van der Waals surface area contributed by atoms with Crippen molar-refractivity contribution in [1.29, 1.82) is 0 Å². The Labute approximate surface area is 201 Å². The van der Waals surface area contributed by atoms with Crippen molar-refractivity contribution in [2.45, 2.75) is 39.3 Å². The number of ether oxygens (including phenoxy) is 1. The fraction of sp³-hybridized carbons (Fsp3) is 0.348. The maximum Gasteiger partial charge on any atom is 0.415 e. The molecular weight excluding hydrogens is 460 g/mol. The van der Waals surface area contributed by atoms with Gasteiger partial charge in [-0.25, -0.2) is 19.6 Å². The molecule has 0 radical (unpaired) electrons. The molecule has 34 heavy (non-hydrogen) atoms. The third kappa shape index (κ3) is 4.81. The smallest absolute Gasteiger partial charge is 0.415 e. The summed E-state index contributed by atoms with van der Waals surface area (Å²) in [5.41, 5.74) is 3.62. The second-order valence-corrected chi connectivity index (χ2v) is 8.73. The van der Waals surface area contributed by atoms with Gasteiger partial charge in [-0.15, -0.1) is 0 Å². The van der Waals surface area contributed by atoms with Gasteiger partial charge in [-0.2, -0.15) is 5.10 Å². The fourth-order valence-corrected chi connectivity index (χ4v) is 4.18. The molecule has 1 amide bonds. The van der Waals surface area contributed by atoms with E-state index in [1.54, 1.807) is 15.6 Å². The van der Waals surface area contributed by atoms with Gasteiger partial charge in [-0.1, -0.05) is 11.6 Å². The number of cyclic esters (lactones) is 1. The Kier molecular flexibility index (Phi) is 6.43. The van der Waals surface area contributed by atoms with E-state index < -0.39 is 12.1 Å². The van der Waals surface area contributed by atoms with Crippen molar-refractivity contribution >= 4 is 35.2 Å². The molecule has 0 saturated carbocycles. The van der Waals surface area contributed by atoms with Gasteiger partial charge in [0.25, 0.3) is 0 Å². The number of carboxylic acid groups (broad SMARTS) is 1. The third-order valence-corrected chi connectivity index (χ3v) is 5.84. The zero-order chi connectivity index (χ0) is 24.6. The van der Waals surface area contributed by atoms with Crippen LogP contribution >= 0.6 is 11.6 Å². The monoisotopic (exact) mass is 484 g/mol. The second-order valence-electron chi connectivity index (χ2n) is 8.35. The molecule has 0 spiro atoms. The number of halogens is 1. The van der Waals surface area contributed by atoms with E-state index in [2.05, 4.69) is 15.4 Å². The summed E-state index contributed by atoms with van der Waals surface area (Å²) >= 11 is 5.86. The average Bonchev–Trinajstić information content (AvgIpc) is 3.29. The Hall–Kier alpha value is -3.66. The van der Waals surface area contributed by atoms with Gasteiger partial charge in [0.05, 0.1) is 29.2 Å². The number of hydrogen-bond donors (Lipinski definition) is 2. The number of amides is 1. The molecule has 0 aromatic carbocycles. The summed E-state index contributed by atoms with van der Waals surface area (Å²) in [6, 6.07) is 6.20. The number of nitrogens with one attached hydrogen (secondary N) is 1. The topological polar surface area (TPSA) is 122 Å². The highest BCUT2D eigenvalue weighted by Gasteiger charge is 2.36. The van der Waals surface area contributed by atoms with Crippen LogP contribution in [0, 0.1) is 13.8 Å². The quantitative estimate of drug-likeness (QED) is 0.484. The van der Waals surface area contributed by atoms with Crippen LogP contribution in [0.15, 0.2) is 30.5 Å². The van der Waals surface area contributed by atoms with E-state index in [0.29, 0.717) is 23.6 Å². The van der Waals surface area contributed by atoms with Crippen LogP contribution in [-0.4, -0.2) is 49.6 Å². The minimum atomic E-state index is -1.19. The number of aromatic nitrogens is 4. The molecule has 0 aliphatic carbocycles. The largest absolute Gasteiger partial charge is 0.476 e. The normalized spacial score (nSPS) is 16.4. The number of aromatic carboxylic acids is 1. The van der Waals surface area contributed by atoms with Crippen LogP contribution in [0.1, 0.15) is 46.0 Å². The summed E-state index contributed by atoms with van der Waals surface area (Å²) < 4.78 is 7.11. The van der Waals surface area contributed by atoms with Gasteiger partial charge in [0.2, 0.25) is 0 Å². The Morgan fingerprint density at radius 1 is 1.32 bits per heavy atom. The van der Waals surface area contributed by atoms with Crippen LogP contribution in [0.5, 0.6) is 0 Å². The number of carbonyl (C=O) groups is 2. The van der Waals surface area contributed by atoms with Crippen molar-refractivity contribution in [2.75, 3.05) is 16.8 Å². The minimum absolute atomic E-state index is 0.0917. The lowest BCUT2D eigenvalue weighted by Gasteiger charge is -2.23. The number of carboxylic acids is 1. The molecule has 1 aliphatic heterocycles. The van der Waals surface area contributed by atoms with E-state index in [-0.39, 0.29) is 29.5 Å². The number of pyridine rings is 2. The van der Waals surface area contributed by atoms with Crippen LogP contribution < -0.4 is 10.2 Å². The zero-order valence-corrected chi connectivity index (χ0v) is 20.0. The number of anilines is 2. The van der Waals surface area contributed by atoms with Gasteiger partial charge in [-0.05, 0) is 56.2 Å². The number of hydrogen-bond acceptors (Lipinski definition) is 7. The number of carbonyl (C=O) groups excluding carboxylic acids is 1. The molecule has 3 aromatic heterocycles. The predicted octanol–water partition coefficient (Wildman–Crippen LogP) is 3.92. The first-order valence-corrected chi connectivity index (χ1v) is 11.1. The second kappa shape index (κ2) is 9.30. The molecule has 0 bridgehead atoms. The molecule has 4 heterocycles. The molecule has 1 saturated heterocycles. The first-order valence-electron chi connectivity index (χ1n) is 10.7. The lowest BCUT2D eigenvalue weighted by atomic mass is 10.1. The van der Waals surface area contributed by atoms with Gasteiger partial charge in [0, 0.05) is 19.7 Å². The standard InChI is InChI=1S/C23H25ClN6O4/c1-12-7-18(14(3)25-17-5-6-19(24)27-21(17)22(31)32)26-20(8-12)30-16(11-34-23(30)33)9-15-10-29(4)28-13(15)2/h5-8,10,14,16,25H,9,11H2,1-4H3,(H,31,32)/t14-,16+/m1/s1. The Morgan fingerprint density at radius 2 is 2.09 bits per heavy atom. The molecule has 4 rings (SSSR count). The first-order chi connectivity index (χ1) is 16.1. The molecule has 1 aliphatic rings. The van der Waals surface area contributed by atoms with Crippen molar-refractivity contribution < 1.29 is 19.4 Å². The summed E-state index contributed by atoms with van der Waals surface area (Å²) in [6.45, 7) is 5.95. The molecule has 178 valence electrons. The highest BCUT2D eigenvalue weighted by atomic mass is 35.5. The van der Waals surface area contributed by atoms with Crippen molar-refractivity contribution in [1.82, 2.24) is 19.7 Å². The van der Waals surface area contributed by atoms with Crippen LogP contribution in [-0.2, 0) is 18.2 Å². The highest BCUT2D eigenvalue weighted by Crippen LogP contribution is 2.29. The van der Waals surface area contributed by atoms with Crippen LogP contribution in [0.3, 0.4) is 0 Å². The summed E-state index contributed by atoms with van der Waals surface area (Å²) in [6.07, 6.45) is 2.08. The fourth-order valence-electron chi connectivity index (χ4n) is 4.04. The molecule has 10 nitrogen and oxygen atoms in total. The van der Waals surface area contributed by atoms with Crippen LogP contribution in [0.4, 0.5) is 16.3 Å². The highest BCUT2D eigenvalue weighted by molar-refractivity contribution is 6.29. The summed E-state index contributed by atoms with van der Waals surface area (Å²) in [5.74, 6) is -0.714. The number of rotatable bonds is 7. The molecule has 1 fully saturated rings. The molecule has 3 aromatic rings. The van der Waals surface area contributed by atoms with E-state index in [1.165, 1.54) is 6.07 Å². The van der Waals surface area contributed by atoms with Gasteiger partial charge in [0.1, 0.15) is 17.6 Å². The summed E-state index contributed by atoms with van der Waals surface area (Å²) in [5, 5.41) is 17.1. The zero-order valence-electron chi connectivity index (χ0n) is 19.2. The third-order valence-electron chi connectivity index (χ3n) is 5.63. The SMILES string of the molecule is Cc1cc([C@@H](C)Nc2ccc(Cl)nc2C(=O)O)nc(N2C(=O)OC[C@@H]2Cc2cn(C)nc2C)c1. The van der Waals surface area contributed by atoms with E-state index in [1.807, 2.05) is 46.1 Å². The Bertz CT molecular complexity index is 1260. The maximum atomic E-state index is 12.6. The molecule has 0 unspecified atom stereocenters. The van der Waals surface area contributed by atoms with Crippen LogP contribution in [0.25, 0.3) is 0 Å². The lowest BCUT2D eigenvalue weighted by molar-refractivity contribution is 0.0691. The van der Waals surface area contributed by atoms with Crippen molar-refractivity contribution in [3.8, 4) is 0 Å². The van der Waals surface area contributed by atoms with Gasteiger partial charge in [0.15, 0.2) is 5.69 Å². The van der Waals surface area contributed by atoms with Crippen molar-refractivity contribution in [3.05, 3.63) is 63.8 Å².